The maximum Gasteiger partial charge on any atom is 0.257 e. The van der Waals surface area contributed by atoms with Gasteiger partial charge in [0.1, 0.15) is 5.75 Å². The maximum atomic E-state index is 11.7. The summed E-state index contributed by atoms with van der Waals surface area (Å²) in [5.41, 5.74) is 0. The highest BCUT2D eigenvalue weighted by Crippen LogP contribution is 2.27. The van der Waals surface area contributed by atoms with Crippen LogP contribution in [0.1, 0.15) is 32.1 Å². The van der Waals surface area contributed by atoms with Crippen LogP contribution < -0.4 is 10.1 Å². The molecule has 116 valence electrons. The summed E-state index contributed by atoms with van der Waals surface area (Å²) >= 11 is 7.94. The standard InChI is InChI=1S/C16H22ClNO2S/c17-14-8-4-5-9-15(14)20-12-16(19)18-10-11-21-13-6-2-1-3-7-13/h4-5,8-9,13H,1-3,6-7,10-12H2,(H,18,19). The molecule has 0 bridgehead atoms. The van der Waals surface area contributed by atoms with E-state index in [0.29, 0.717) is 17.3 Å². The van der Waals surface area contributed by atoms with Crippen molar-refractivity contribution in [2.24, 2.45) is 0 Å². The van der Waals surface area contributed by atoms with Crippen molar-refractivity contribution in [2.45, 2.75) is 37.4 Å². The second-order valence-electron chi connectivity index (χ2n) is 5.20. The lowest BCUT2D eigenvalue weighted by molar-refractivity contribution is -0.122. The smallest absolute Gasteiger partial charge is 0.257 e. The average Bonchev–Trinajstić information content (AvgIpc) is 2.52. The molecule has 0 saturated heterocycles. The third-order valence-electron chi connectivity index (χ3n) is 3.53. The number of hydrogen-bond acceptors (Lipinski definition) is 3. The molecule has 0 unspecified atom stereocenters. The molecule has 1 saturated carbocycles. The minimum absolute atomic E-state index is 0.0117. The van der Waals surface area contributed by atoms with Crippen LogP contribution in [0.4, 0.5) is 0 Å². The molecule has 1 amide bonds. The van der Waals surface area contributed by atoms with Crippen LogP contribution in [0.2, 0.25) is 5.02 Å². The summed E-state index contributed by atoms with van der Waals surface area (Å²) in [5.74, 6) is 1.42. The zero-order chi connectivity index (χ0) is 14.9. The van der Waals surface area contributed by atoms with Crippen LogP contribution in [0.3, 0.4) is 0 Å². The van der Waals surface area contributed by atoms with Crippen LogP contribution in [0.5, 0.6) is 5.75 Å². The highest BCUT2D eigenvalue weighted by molar-refractivity contribution is 7.99. The van der Waals surface area contributed by atoms with E-state index in [4.69, 9.17) is 16.3 Å². The van der Waals surface area contributed by atoms with Gasteiger partial charge in [0.05, 0.1) is 5.02 Å². The Bertz CT molecular complexity index is 450. The van der Waals surface area contributed by atoms with Gasteiger partial charge in [-0.1, -0.05) is 43.0 Å². The van der Waals surface area contributed by atoms with E-state index >= 15 is 0 Å². The fraction of sp³-hybridized carbons (Fsp3) is 0.562. The lowest BCUT2D eigenvalue weighted by Gasteiger charge is -2.20. The molecule has 0 aliphatic heterocycles. The summed E-state index contributed by atoms with van der Waals surface area (Å²) < 4.78 is 5.39. The Morgan fingerprint density at radius 1 is 1.29 bits per heavy atom. The zero-order valence-electron chi connectivity index (χ0n) is 12.1. The van der Waals surface area contributed by atoms with Gasteiger partial charge in [0, 0.05) is 17.5 Å². The monoisotopic (exact) mass is 327 g/mol. The molecule has 2 rings (SSSR count). The van der Waals surface area contributed by atoms with E-state index in [9.17, 15) is 4.79 Å². The fourth-order valence-electron chi connectivity index (χ4n) is 2.40. The van der Waals surface area contributed by atoms with Crippen LogP contribution in [0, 0.1) is 0 Å². The van der Waals surface area contributed by atoms with Crippen molar-refractivity contribution in [1.82, 2.24) is 5.32 Å². The largest absolute Gasteiger partial charge is 0.482 e. The van der Waals surface area contributed by atoms with E-state index in [1.807, 2.05) is 23.9 Å². The van der Waals surface area contributed by atoms with Crippen molar-refractivity contribution in [3.63, 3.8) is 0 Å². The first-order valence-corrected chi connectivity index (χ1v) is 8.94. The van der Waals surface area contributed by atoms with E-state index < -0.39 is 0 Å². The summed E-state index contributed by atoms with van der Waals surface area (Å²) in [4.78, 5) is 11.7. The number of carbonyl (C=O) groups is 1. The summed E-state index contributed by atoms with van der Waals surface area (Å²) in [7, 11) is 0. The number of amides is 1. The topological polar surface area (TPSA) is 38.3 Å². The molecule has 0 aromatic heterocycles. The van der Waals surface area contributed by atoms with Crippen molar-refractivity contribution in [1.29, 1.82) is 0 Å². The fourth-order valence-corrected chi connectivity index (χ4v) is 3.81. The average molecular weight is 328 g/mol. The first-order chi connectivity index (χ1) is 10.3. The number of thioether (sulfide) groups is 1. The summed E-state index contributed by atoms with van der Waals surface area (Å²) in [6.07, 6.45) is 6.75. The predicted octanol–water partition coefficient (Wildman–Crippen LogP) is 3.90. The van der Waals surface area contributed by atoms with E-state index in [0.717, 1.165) is 11.0 Å². The van der Waals surface area contributed by atoms with Gasteiger partial charge >= 0.3 is 0 Å². The zero-order valence-corrected chi connectivity index (χ0v) is 13.7. The summed E-state index contributed by atoms with van der Waals surface area (Å²) in [6, 6.07) is 7.17. The van der Waals surface area contributed by atoms with Crippen molar-refractivity contribution in [2.75, 3.05) is 18.9 Å². The molecular weight excluding hydrogens is 306 g/mol. The van der Waals surface area contributed by atoms with Gasteiger partial charge in [-0.25, -0.2) is 0 Å². The predicted molar refractivity (Wildman–Crippen MR) is 89.3 cm³/mol. The van der Waals surface area contributed by atoms with Gasteiger partial charge in [0.25, 0.3) is 5.91 Å². The molecule has 1 aliphatic carbocycles. The van der Waals surface area contributed by atoms with E-state index in [1.165, 1.54) is 32.1 Å². The molecule has 1 aromatic rings. The molecule has 1 aromatic carbocycles. The van der Waals surface area contributed by atoms with Crippen molar-refractivity contribution in [3.05, 3.63) is 29.3 Å². The van der Waals surface area contributed by atoms with E-state index in [2.05, 4.69) is 5.32 Å². The van der Waals surface area contributed by atoms with Gasteiger partial charge < -0.3 is 10.1 Å². The Hall–Kier alpha value is -0.870. The molecule has 3 nitrogen and oxygen atoms in total. The molecule has 5 heteroatoms. The number of benzene rings is 1. The Morgan fingerprint density at radius 2 is 2.05 bits per heavy atom. The van der Waals surface area contributed by atoms with Gasteiger partial charge in [-0.2, -0.15) is 11.8 Å². The molecule has 0 spiro atoms. The quantitative estimate of drug-likeness (QED) is 0.772. The van der Waals surface area contributed by atoms with Crippen molar-refractivity contribution < 1.29 is 9.53 Å². The maximum absolute atomic E-state index is 11.7. The van der Waals surface area contributed by atoms with Gasteiger partial charge in [0.15, 0.2) is 6.61 Å². The van der Waals surface area contributed by atoms with Gasteiger partial charge in [-0.05, 0) is 25.0 Å². The van der Waals surface area contributed by atoms with Crippen LogP contribution >= 0.6 is 23.4 Å². The van der Waals surface area contributed by atoms with E-state index in [-0.39, 0.29) is 12.5 Å². The van der Waals surface area contributed by atoms with Gasteiger partial charge in [0.2, 0.25) is 0 Å². The molecule has 1 N–H and O–H groups in total. The first-order valence-electron chi connectivity index (χ1n) is 7.51. The van der Waals surface area contributed by atoms with Crippen molar-refractivity contribution >= 4 is 29.3 Å². The second kappa shape index (κ2) is 9.21. The molecule has 0 heterocycles. The first kappa shape index (κ1) is 16.5. The highest BCUT2D eigenvalue weighted by Gasteiger charge is 2.13. The molecule has 1 aliphatic rings. The SMILES string of the molecule is O=C(COc1ccccc1Cl)NCCSC1CCCCC1. The summed E-state index contributed by atoms with van der Waals surface area (Å²) in [5, 5.41) is 4.20. The minimum Gasteiger partial charge on any atom is -0.482 e. The lowest BCUT2D eigenvalue weighted by Crippen LogP contribution is -2.31. The number of carbonyl (C=O) groups excluding carboxylic acids is 1. The number of halogens is 1. The number of para-hydroxylation sites is 1. The summed E-state index contributed by atoms with van der Waals surface area (Å²) in [6.45, 7) is 0.712. The Balaban J connectivity index is 1.56. The van der Waals surface area contributed by atoms with Crippen molar-refractivity contribution in [3.8, 4) is 5.75 Å². The molecule has 0 atom stereocenters. The normalized spacial score (nSPS) is 15.7. The van der Waals surface area contributed by atoms with Crippen LogP contribution in [-0.2, 0) is 4.79 Å². The van der Waals surface area contributed by atoms with Gasteiger partial charge in [-0.3, -0.25) is 4.79 Å². The number of hydrogen-bond donors (Lipinski definition) is 1. The Kier molecular flexibility index (Phi) is 7.24. The molecule has 21 heavy (non-hydrogen) atoms. The number of ether oxygens (including phenoxy) is 1. The second-order valence-corrected chi connectivity index (χ2v) is 7.02. The third kappa shape index (κ3) is 6.18. The number of nitrogens with one attached hydrogen (secondary N) is 1. The highest BCUT2D eigenvalue weighted by atomic mass is 35.5. The molecule has 0 radical (unpaired) electrons. The Labute approximate surface area is 135 Å². The number of rotatable bonds is 7. The van der Waals surface area contributed by atoms with Gasteiger partial charge in [-0.15, -0.1) is 0 Å². The van der Waals surface area contributed by atoms with Crippen LogP contribution in [0.25, 0.3) is 0 Å². The van der Waals surface area contributed by atoms with Crippen LogP contribution in [0.15, 0.2) is 24.3 Å². The molecular formula is C16H22ClNO2S. The molecule has 1 fully saturated rings. The Morgan fingerprint density at radius 3 is 2.81 bits per heavy atom. The lowest BCUT2D eigenvalue weighted by atomic mass is 10.0. The minimum atomic E-state index is -0.0980. The third-order valence-corrected chi connectivity index (χ3v) is 5.22. The van der Waals surface area contributed by atoms with E-state index in [1.54, 1.807) is 12.1 Å². The van der Waals surface area contributed by atoms with Crippen LogP contribution in [-0.4, -0.2) is 30.1 Å².